The van der Waals surface area contributed by atoms with Crippen LogP contribution in [-0.4, -0.2) is 50.0 Å². The molecule has 0 fully saturated rings. The zero-order valence-electron chi connectivity index (χ0n) is 6.57. The van der Waals surface area contributed by atoms with Gasteiger partial charge in [-0.15, -0.1) is 0 Å². The Bertz CT molecular complexity index is 108. The van der Waals surface area contributed by atoms with Crippen molar-refractivity contribution in [3.63, 3.8) is 0 Å². The molecule has 0 radical (unpaired) electrons. The fourth-order valence-corrected chi connectivity index (χ4v) is 0.349. The summed E-state index contributed by atoms with van der Waals surface area (Å²) in [5.74, 6) is 0. The molecule has 10 heavy (non-hydrogen) atoms. The highest BCUT2D eigenvalue weighted by Crippen LogP contribution is 1.97. The van der Waals surface area contributed by atoms with Gasteiger partial charge in [0, 0.05) is 0 Å². The number of hydrogen-bond donors (Lipinski definition) is 1. The van der Waals surface area contributed by atoms with Crippen LogP contribution < -0.4 is 0 Å². The third-order valence-electron chi connectivity index (χ3n) is 1.21. The molecule has 0 spiro atoms. The molecule has 0 aromatic heterocycles. The number of aliphatic hydroxyl groups excluding tert-OH is 1. The molecule has 0 amide bonds. The molecule has 1 atom stereocenters. The number of carbonyl (C=O) groups is 1. The molecule has 0 aliphatic rings. The average molecular weight is 148 g/mol. The van der Waals surface area contributed by atoms with Gasteiger partial charge in [0.25, 0.3) is 6.47 Å². The summed E-state index contributed by atoms with van der Waals surface area (Å²) in [4.78, 5) is 9.70. The summed E-state index contributed by atoms with van der Waals surface area (Å²) in [6.07, 6.45) is -0.648. The second-order valence-electron chi connectivity index (χ2n) is 3.03. The highest BCUT2D eigenvalue weighted by Gasteiger charge is 2.20. The summed E-state index contributed by atoms with van der Waals surface area (Å²) >= 11 is 0. The second-order valence-corrected chi connectivity index (χ2v) is 3.03. The van der Waals surface area contributed by atoms with Gasteiger partial charge in [-0.2, -0.15) is 0 Å². The normalized spacial score (nSPS) is 14.4. The van der Waals surface area contributed by atoms with Crippen LogP contribution in [0.5, 0.6) is 0 Å². The molecule has 0 aromatic rings. The van der Waals surface area contributed by atoms with Crippen molar-refractivity contribution in [3.8, 4) is 0 Å². The van der Waals surface area contributed by atoms with Crippen LogP contribution in [0.2, 0.25) is 0 Å². The lowest BCUT2D eigenvalue weighted by atomic mass is 10.5. The van der Waals surface area contributed by atoms with E-state index in [-0.39, 0.29) is 6.61 Å². The van der Waals surface area contributed by atoms with Crippen LogP contribution in [0, 0.1) is 0 Å². The molecule has 4 nitrogen and oxygen atoms in total. The van der Waals surface area contributed by atoms with E-state index in [1.54, 1.807) is 0 Å². The van der Waals surface area contributed by atoms with Gasteiger partial charge in [0.2, 0.25) is 6.23 Å². The van der Waals surface area contributed by atoms with Gasteiger partial charge in [0.1, 0.15) is 0 Å². The first-order valence-corrected chi connectivity index (χ1v) is 3.03. The summed E-state index contributed by atoms with van der Waals surface area (Å²) in [6.45, 7) is 0.381. The van der Waals surface area contributed by atoms with Gasteiger partial charge in [0.15, 0.2) is 6.61 Å². The fraction of sp³-hybridized carbons (Fsp3) is 0.833. The van der Waals surface area contributed by atoms with Crippen molar-refractivity contribution in [1.29, 1.82) is 0 Å². The van der Waals surface area contributed by atoms with Crippen LogP contribution in [0.4, 0.5) is 0 Å². The molecule has 60 valence electrons. The van der Waals surface area contributed by atoms with Crippen molar-refractivity contribution in [2.24, 2.45) is 0 Å². The Labute approximate surface area is 60.6 Å². The standard InChI is InChI=1S/C6H14NO3/c1-7(2,3)6(9)4-10-5-8/h5-6,9H,4H2,1-3H3/q+1. The van der Waals surface area contributed by atoms with E-state index in [1.807, 2.05) is 21.1 Å². The van der Waals surface area contributed by atoms with E-state index in [1.165, 1.54) is 0 Å². The molecule has 0 saturated heterocycles. The van der Waals surface area contributed by atoms with Crippen molar-refractivity contribution >= 4 is 6.47 Å². The van der Waals surface area contributed by atoms with E-state index in [9.17, 15) is 9.90 Å². The minimum atomic E-state index is -0.648. The van der Waals surface area contributed by atoms with Crippen molar-refractivity contribution in [1.82, 2.24) is 0 Å². The van der Waals surface area contributed by atoms with Crippen LogP contribution in [0.3, 0.4) is 0 Å². The van der Waals surface area contributed by atoms with Gasteiger partial charge < -0.3 is 14.3 Å². The largest absolute Gasteiger partial charge is 0.459 e. The van der Waals surface area contributed by atoms with Crippen LogP contribution in [0.25, 0.3) is 0 Å². The fourth-order valence-electron chi connectivity index (χ4n) is 0.349. The highest BCUT2D eigenvalue weighted by molar-refractivity contribution is 5.36. The molecule has 0 heterocycles. The molecule has 0 saturated carbocycles. The lowest BCUT2D eigenvalue weighted by Gasteiger charge is -2.28. The molecule has 4 heteroatoms. The number of hydrogen-bond acceptors (Lipinski definition) is 3. The summed E-state index contributed by atoms with van der Waals surface area (Å²) in [5, 5.41) is 9.21. The minimum Gasteiger partial charge on any atom is -0.459 e. The quantitative estimate of drug-likeness (QED) is 0.322. The number of quaternary nitrogens is 1. The van der Waals surface area contributed by atoms with E-state index in [0.717, 1.165) is 0 Å². The van der Waals surface area contributed by atoms with Crippen LogP contribution in [-0.2, 0) is 9.53 Å². The second kappa shape index (κ2) is 3.53. The predicted molar refractivity (Wildman–Crippen MR) is 36.1 cm³/mol. The molecular formula is C6H14NO3+. The van der Waals surface area contributed by atoms with Crippen molar-refractivity contribution in [3.05, 3.63) is 0 Å². The number of rotatable bonds is 4. The molecular weight excluding hydrogens is 134 g/mol. The number of ether oxygens (including phenoxy) is 1. The van der Waals surface area contributed by atoms with E-state index in [2.05, 4.69) is 4.74 Å². The monoisotopic (exact) mass is 148 g/mol. The topological polar surface area (TPSA) is 46.5 Å². The Kier molecular flexibility index (Phi) is 3.32. The lowest BCUT2D eigenvalue weighted by molar-refractivity contribution is -0.918. The molecule has 0 aromatic carbocycles. The molecule has 0 aliphatic carbocycles. The molecule has 0 aliphatic heterocycles. The first kappa shape index (κ1) is 9.39. The Morgan fingerprint density at radius 2 is 2.10 bits per heavy atom. The van der Waals surface area contributed by atoms with Crippen LogP contribution in [0.15, 0.2) is 0 Å². The maximum atomic E-state index is 9.70. The van der Waals surface area contributed by atoms with Gasteiger partial charge in [-0.3, -0.25) is 4.79 Å². The SMILES string of the molecule is C[N+](C)(C)C(O)COC=O. The predicted octanol–water partition coefficient (Wildman–Crippen LogP) is -0.816. The first-order chi connectivity index (χ1) is 4.48. The van der Waals surface area contributed by atoms with E-state index < -0.39 is 6.23 Å². The Hall–Kier alpha value is -0.610. The number of nitrogens with zero attached hydrogens (tertiary/aromatic N) is 1. The number of aliphatic hydroxyl groups is 1. The van der Waals surface area contributed by atoms with Crippen molar-refractivity contribution in [2.75, 3.05) is 27.7 Å². The Morgan fingerprint density at radius 1 is 1.60 bits per heavy atom. The Morgan fingerprint density at radius 3 is 2.40 bits per heavy atom. The van der Waals surface area contributed by atoms with Crippen molar-refractivity contribution < 1.29 is 19.1 Å². The summed E-state index contributed by atoms with van der Waals surface area (Å²) < 4.78 is 4.74. The van der Waals surface area contributed by atoms with E-state index >= 15 is 0 Å². The zero-order chi connectivity index (χ0) is 8.20. The Balaban J connectivity index is 3.61. The maximum Gasteiger partial charge on any atom is 0.293 e. The lowest BCUT2D eigenvalue weighted by Crippen LogP contribution is -2.47. The van der Waals surface area contributed by atoms with Gasteiger partial charge >= 0.3 is 0 Å². The average Bonchev–Trinajstić information content (AvgIpc) is 1.80. The molecule has 0 rings (SSSR count). The minimum absolute atomic E-state index is 0.0486. The van der Waals surface area contributed by atoms with Gasteiger partial charge in [-0.05, 0) is 0 Å². The van der Waals surface area contributed by atoms with E-state index in [0.29, 0.717) is 11.0 Å². The highest BCUT2D eigenvalue weighted by atomic mass is 16.5. The van der Waals surface area contributed by atoms with Gasteiger partial charge in [0.05, 0.1) is 21.1 Å². The molecule has 1 unspecified atom stereocenters. The smallest absolute Gasteiger partial charge is 0.293 e. The summed E-state index contributed by atoms with van der Waals surface area (Å²) in [6, 6.07) is 0. The van der Waals surface area contributed by atoms with Crippen LogP contribution in [0.1, 0.15) is 0 Å². The van der Waals surface area contributed by atoms with Gasteiger partial charge in [-0.1, -0.05) is 0 Å². The third kappa shape index (κ3) is 3.42. The van der Waals surface area contributed by atoms with Gasteiger partial charge in [-0.25, -0.2) is 0 Å². The summed E-state index contributed by atoms with van der Waals surface area (Å²) in [7, 11) is 5.45. The molecule has 1 N–H and O–H groups in total. The number of carbonyl (C=O) groups excluding carboxylic acids is 1. The van der Waals surface area contributed by atoms with E-state index in [4.69, 9.17) is 0 Å². The zero-order valence-corrected chi connectivity index (χ0v) is 6.57. The molecule has 0 bridgehead atoms. The summed E-state index contributed by atoms with van der Waals surface area (Å²) in [5.41, 5.74) is 0. The first-order valence-electron chi connectivity index (χ1n) is 3.03. The number of likely N-dealkylation sites (N-methyl/N-ethyl adjacent to an activating group) is 1. The van der Waals surface area contributed by atoms with Crippen LogP contribution >= 0.6 is 0 Å². The maximum absolute atomic E-state index is 9.70. The van der Waals surface area contributed by atoms with Crippen molar-refractivity contribution in [2.45, 2.75) is 6.23 Å². The third-order valence-corrected chi connectivity index (χ3v) is 1.21.